The van der Waals surface area contributed by atoms with Gasteiger partial charge in [0.05, 0.1) is 23.2 Å². The van der Waals surface area contributed by atoms with E-state index in [1.54, 1.807) is 19.1 Å². The minimum absolute atomic E-state index is 0.295. The second-order valence-corrected chi connectivity index (χ2v) is 4.75. The van der Waals surface area contributed by atoms with Gasteiger partial charge in [0.15, 0.2) is 0 Å². The predicted octanol–water partition coefficient (Wildman–Crippen LogP) is 3.51. The van der Waals surface area contributed by atoms with Crippen LogP contribution in [0.2, 0.25) is 0 Å². The number of hydrogen-bond donors (Lipinski definition) is 0. The number of ether oxygens (including phenoxy) is 1. The van der Waals surface area contributed by atoms with E-state index in [9.17, 15) is 4.79 Å². The summed E-state index contributed by atoms with van der Waals surface area (Å²) in [6.07, 6.45) is 0. The fourth-order valence-electron chi connectivity index (χ4n) is 2.43. The van der Waals surface area contributed by atoms with Gasteiger partial charge in [-0.3, -0.25) is 4.57 Å². The average Bonchev–Trinajstić information content (AvgIpc) is 2.83. The zero-order valence-electron chi connectivity index (χ0n) is 12.0. The smallest absolute Gasteiger partial charge is 0.338 e. The molecule has 1 aromatic heterocycles. The topological polar surface area (TPSA) is 44.1 Å². The number of aromatic nitrogens is 2. The van der Waals surface area contributed by atoms with Crippen molar-refractivity contribution in [2.24, 2.45) is 0 Å². The molecule has 21 heavy (non-hydrogen) atoms. The van der Waals surface area contributed by atoms with E-state index in [4.69, 9.17) is 4.74 Å². The molecule has 0 spiro atoms. The normalized spacial score (nSPS) is 10.8. The fourth-order valence-corrected chi connectivity index (χ4v) is 2.43. The summed E-state index contributed by atoms with van der Waals surface area (Å²) in [6.45, 7) is 4.15. The summed E-state index contributed by atoms with van der Waals surface area (Å²) in [4.78, 5) is 16.2. The lowest BCUT2D eigenvalue weighted by molar-refractivity contribution is 0.0526. The third kappa shape index (κ3) is 2.40. The van der Waals surface area contributed by atoms with Crippen LogP contribution >= 0.6 is 0 Å². The molecule has 0 aliphatic carbocycles. The van der Waals surface area contributed by atoms with Gasteiger partial charge in [-0.15, -0.1) is 0 Å². The number of esters is 1. The van der Waals surface area contributed by atoms with Crippen molar-refractivity contribution in [3.8, 4) is 5.69 Å². The number of benzene rings is 2. The van der Waals surface area contributed by atoms with Gasteiger partial charge in [-0.2, -0.15) is 0 Å². The van der Waals surface area contributed by atoms with Crippen LogP contribution < -0.4 is 0 Å². The molecule has 1 heterocycles. The summed E-state index contributed by atoms with van der Waals surface area (Å²) < 4.78 is 7.07. The Bertz CT molecular complexity index is 788. The summed E-state index contributed by atoms with van der Waals surface area (Å²) in [5.41, 5.74) is 3.56. The molecular formula is C17H16N2O2. The van der Waals surface area contributed by atoms with Crippen LogP contribution in [0.25, 0.3) is 16.7 Å². The highest BCUT2D eigenvalue weighted by molar-refractivity contribution is 5.89. The van der Waals surface area contributed by atoms with Crippen molar-refractivity contribution in [3.05, 3.63) is 59.9 Å². The molecule has 0 saturated carbocycles. The van der Waals surface area contributed by atoms with Crippen LogP contribution in [0.15, 0.2) is 48.5 Å². The number of para-hydroxylation sites is 2. The zero-order chi connectivity index (χ0) is 14.8. The monoisotopic (exact) mass is 280 g/mol. The van der Waals surface area contributed by atoms with Crippen molar-refractivity contribution in [2.75, 3.05) is 6.61 Å². The molecule has 4 nitrogen and oxygen atoms in total. The Labute approximate surface area is 123 Å². The Morgan fingerprint density at radius 2 is 1.86 bits per heavy atom. The zero-order valence-corrected chi connectivity index (χ0v) is 12.0. The Morgan fingerprint density at radius 1 is 1.14 bits per heavy atom. The molecule has 0 fully saturated rings. The van der Waals surface area contributed by atoms with Crippen molar-refractivity contribution in [2.45, 2.75) is 13.8 Å². The molecule has 106 valence electrons. The van der Waals surface area contributed by atoms with Gasteiger partial charge in [0, 0.05) is 5.69 Å². The largest absolute Gasteiger partial charge is 0.462 e. The molecule has 0 aliphatic heterocycles. The Morgan fingerprint density at radius 3 is 2.57 bits per heavy atom. The van der Waals surface area contributed by atoms with Gasteiger partial charge in [-0.25, -0.2) is 9.78 Å². The number of carbonyl (C=O) groups excluding carboxylic acids is 1. The number of fused-ring (bicyclic) bond motifs is 1. The number of aryl methyl sites for hydroxylation is 1. The van der Waals surface area contributed by atoms with Gasteiger partial charge in [-0.05, 0) is 50.2 Å². The number of imidazole rings is 1. The van der Waals surface area contributed by atoms with Crippen molar-refractivity contribution in [1.82, 2.24) is 9.55 Å². The van der Waals surface area contributed by atoms with Crippen molar-refractivity contribution in [3.63, 3.8) is 0 Å². The highest BCUT2D eigenvalue weighted by Gasteiger charge is 2.10. The summed E-state index contributed by atoms with van der Waals surface area (Å²) in [5.74, 6) is 0.622. The van der Waals surface area contributed by atoms with Gasteiger partial charge < -0.3 is 4.74 Å². The van der Waals surface area contributed by atoms with E-state index in [-0.39, 0.29) is 5.97 Å². The van der Waals surface area contributed by atoms with E-state index in [2.05, 4.69) is 9.55 Å². The van der Waals surface area contributed by atoms with Crippen molar-refractivity contribution in [1.29, 1.82) is 0 Å². The van der Waals surface area contributed by atoms with Crippen LogP contribution in [0.3, 0.4) is 0 Å². The van der Waals surface area contributed by atoms with Crippen molar-refractivity contribution >= 4 is 17.0 Å². The Hall–Kier alpha value is -2.62. The van der Waals surface area contributed by atoms with Crippen molar-refractivity contribution < 1.29 is 9.53 Å². The summed E-state index contributed by atoms with van der Waals surface area (Å²) in [5, 5.41) is 0. The fraction of sp³-hybridized carbons (Fsp3) is 0.176. The van der Waals surface area contributed by atoms with E-state index < -0.39 is 0 Å². The quantitative estimate of drug-likeness (QED) is 0.690. The molecule has 0 saturated heterocycles. The molecule has 0 aliphatic rings. The van der Waals surface area contributed by atoms with E-state index in [1.807, 2.05) is 43.3 Å². The predicted molar refractivity (Wildman–Crippen MR) is 81.8 cm³/mol. The first-order valence-electron chi connectivity index (χ1n) is 6.92. The molecule has 3 aromatic rings. The molecule has 0 amide bonds. The van der Waals surface area contributed by atoms with Crippen LogP contribution in [0.4, 0.5) is 0 Å². The first kappa shape index (κ1) is 13.4. The van der Waals surface area contributed by atoms with E-state index in [0.717, 1.165) is 22.5 Å². The molecule has 0 unspecified atom stereocenters. The third-order valence-corrected chi connectivity index (χ3v) is 3.37. The van der Waals surface area contributed by atoms with Crippen LogP contribution in [0.1, 0.15) is 23.1 Å². The first-order valence-corrected chi connectivity index (χ1v) is 6.92. The van der Waals surface area contributed by atoms with Crippen LogP contribution in [0.5, 0.6) is 0 Å². The van der Waals surface area contributed by atoms with Crippen LogP contribution in [-0.2, 0) is 4.74 Å². The van der Waals surface area contributed by atoms with E-state index >= 15 is 0 Å². The molecule has 3 rings (SSSR count). The lowest BCUT2D eigenvalue weighted by Gasteiger charge is -2.08. The molecular weight excluding hydrogens is 264 g/mol. The van der Waals surface area contributed by atoms with Gasteiger partial charge in [0.2, 0.25) is 0 Å². The van der Waals surface area contributed by atoms with Gasteiger partial charge in [0.25, 0.3) is 0 Å². The Kier molecular flexibility index (Phi) is 3.44. The van der Waals surface area contributed by atoms with Gasteiger partial charge in [0.1, 0.15) is 5.82 Å². The van der Waals surface area contributed by atoms with E-state index in [0.29, 0.717) is 12.2 Å². The molecule has 0 bridgehead atoms. The molecule has 4 heteroatoms. The summed E-state index contributed by atoms with van der Waals surface area (Å²) in [7, 11) is 0. The summed E-state index contributed by atoms with van der Waals surface area (Å²) in [6, 6.07) is 15.4. The number of rotatable bonds is 3. The highest BCUT2D eigenvalue weighted by Crippen LogP contribution is 2.21. The lowest BCUT2D eigenvalue weighted by atomic mass is 10.2. The molecule has 0 N–H and O–H groups in total. The second kappa shape index (κ2) is 5.40. The second-order valence-electron chi connectivity index (χ2n) is 4.75. The summed E-state index contributed by atoms with van der Waals surface area (Å²) >= 11 is 0. The maximum absolute atomic E-state index is 11.7. The molecule has 0 radical (unpaired) electrons. The van der Waals surface area contributed by atoms with Crippen LogP contribution in [0, 0.1) is 6.92 Å². The highest BCUT2D eigenvalue weighted by atomic mass is 16.5. The number of hydrogen-bond acceptors (Lipinski definition) is 3. The van der Waals surface area contributed by atoms with Gasteiger partial charge >= 0.3 is 5.97 Å². The maximum atomic E-state index is 11.7. The SMILES string of the molecule is CCOC(=O)c1ccc(-n2c(C)nc3ccccc32)cc1. The van der Waals surface area contributed by atoms with E-state index in [1.165, 1.54) is 0 Å². The standard InChI is InChI=1S/C17H16N2O2/c1-3-21-17(20)13-8-10-14(11-9-13)19-12(2)18-15-6-4-5-7-16(15)19/h4-11H,3H2,1-2H3. The Balaban J connectivity index is 2.03. The number of nitrogens with zero attached hydrogens (tertiary/aromatic N) is 2. The average molecular weight is 280 g/mol. The molecule has 0 atom stereocenters. The lowest BCUT2D eigenvalue weighted by Crippen LogP contribution is -2.05. The minimum atomic E-state index is -0.295. The minimum Gasteiger partial charge on any atom is -0.462 e. The third-order valence-electron chi connectivity index (χ3n) is 3.37. The molecule has 2 aromatic carbocycles. The van der Waals surface area contributed by atoms with Gasteiger partial charge in [-0.1, -0.05) is 12.1 Å². The maximum Gasteiger partial charge on any atom is 0.338 e. The first-order chi connectivity index (χ1) is 10.2. The van der Waals surface area contributed by atoms with Crippen LogP contribution in [-0.4, -0.2) is 22.1 Å². The number of carbonyl (C=O) groups is 1.